The van der Waals surface area contributed by atoms with Crippen molar-refractivity contribution in [1.29, 1.82) is 5.26 Å². The molecule has 2 heterocycles. The van der Waals surface area contributed by atoms with Gasteiger partial charge in [0.1, 0.15) is 6.33 Å². The highest BCUT2D eigenvalue weighted by Gasteiger charge is 2.31. The van der Waals surface area contributed by atoms with Gasteiger partial charge in [0.25, 0.3) is 0 Å². The lowest BCUT2D eigenvalue weighted by Crippen LogP contribution is -2.46. The SMILES string of the molecule is N#Cc1ccc(CN2CCN(c3ncnc(C4CC4)c3F)CC2)cc1. The molecule has 0 unspecified atom stereocenters. The highest BCUT2D eigenvalue weighted by atomic mass is 19.1. The van der Waals surface area contributed by atoms with Crippen LogP contribution in [0.15, 0.2) is 30.6 Å². The van der Waals surface area contributed by atoms with Crippen molar-refractivity contribution in [2.75, 3.05) is 31.1 Å². The molecule has 2 aromatic rings. The zero-order valence-electron chi connectivity index (χ0n) is 14.0. The van der Waals surface area contributed by atoms with Crippen molar-refractivity contribution < 1.29 is 4.39 Å². The number of halogens is 1. The summed E-state index contributed by atoms with van der Waals surface area (Å²) in [6, 6.07) is 9.83. The van der Waals surface area contributed by atoms with Crippen LogP contribution in [0.25, 0.3) is 0 Å². The van der Waals surface area contributed by atoms with Crippen molar-refractivity contribution in [3.05, 3.63) is 53.2 Å². The molecule has 1 aromatic carbocycles. The minimum absolute atomic E-state index is 0.231. The maximum atomic E-state index is 14.7. The minimum atomic E-state index is -0.231. The average Bonchev–Trinajstić information content (AvgIpc) is 3.48. The lowest BCUT2D eigenvalue weighted by molar-refractivity contribution is 0.248. The summed E-state index contributed by atoms with van der Waals surface area (Å²) in [6.45, 7) is 4.09. The van der Waals surface area contributed by atoms with Gasteiger partial charge in [-0.05, 0) is 30.5 Å². The number of nitriles is 1. The summed E-state index contributed by atoms with van der Waals surface area (Å²) < 4.78 is 14.7. The number of aromatic nitrogens is 2. The molecule has 1 aromatic heterocycles. The molecule has 0 N–H and O–H groups in total. The van der Waals surface area contributed by atoms with E-state index in [0.717, 1.165) is 45.6 Å². The molecule has 0 radical (unpaired) electrons. The normalized spacial score (nSPS) is 18.2. The second-order valence-corrected chi connectivity index (χ2v) is 6.74. The van der Waals surface area contributed by atoms with Crippen molar-refractivity contribution in [1.82, 2.24) is 14.9 Å². The van der Waals surface area contributed by atoms with E-state index in [9.17, 15) is 4.39 Å². The summed E-state index contributed by atoms with van der Waals surface area (Å²) in [5.74, 6) is 0.514. The fraction of sp³-hybridized carbons (Fsp3) is 0.421. The molecule has 1 aliphatic carbocycles. The number of piperazine rings is 1. The Balaban J connectivity index is 1.38. The number of anilines is 1. The Morgan fingerprint density at radius 3 is 2.44 bits per heavy atom. The molecule has 0 atom stereocenters. The Morgan fingerprint density at radius 1 is 1.08 bits per heavy atom. The number of hydrogen-bond acceptors (Lipinski definition) is 5. The summed E-state index contributed by atoms with van der Waals surface area (Å²) in [5.41, 5.74) is 2.46. The van der Waals surface area contributed by atoms with Crippen molar-refractivity contribution in [3.63, 3.8) is 0 Å². The Kier molecular flexibility index (Phi) is 4.33. The number of nitrogens with zero attached hydrogens (tertiary/aromatic N) is 5. The van der Waals surface area contributed by atoms with E-state index in [0.29, 0.717) is 23.0 Å². The molecule has 5 nitrogen and oxygen atoms in total. The van der Waals surface area contributed by atoms with Gasteiger partial charge in [0.05, 0.1) is 17.3 Å². The summed E-state index contributed by atoms with van der Waals surface area (Å²) in [7, 11) is 0. The molecule has 6 heteroatoms. The van der Waals surface area contributed by atoms with Crippen molar-refractivity contribution >= 4 is 5.82 Å². The van der Waals surface area contributed by atoms with Gasteiger partial charge in [-0.2, -0.15) is 5.26 Å². The van der Waals surface area contributed by atoms with Gasteiger partial charge in [0, 0.05) is 38.6 Å². The van der Waals surface area contributed by atoms with Gasteiger partial charge in [0.15, 0.2) is 11.6 Å². The summed E-state index contributed by atoms with van der Waals surface area (Å²) in [4.78, 5) is 12.7. The molecular formula is C19H20FN5. The Morgan fingerprint density at radius 2 is 1.80 bits per heavy atom. The highest BCUT2D eigenvalue weighted by molar-refractivity contribution is 5.43. The fourth-order valence-electron chi connectivity index (χ4n) is 3.30. The largest absolute Gasteiger partial charge is 0.352 e. The van der Waals surface area contributed by atoms with Gasteiger partial charge < -0.3 is 4.90 Å². The topological polar surface area (TPSA) is 56.1 Å². The van der Waals surface area contributed by atoms with E-state index >= 15 is 0 Å². The van der Waals surface area contributed by atoms with Gasteiger partial charge >= 0.3 is 0 Å². The smallest absolute Gasteiger partial charge is 0.187 e. The van der Waals surface area contributed by atoms with Crippen molar-refractivity contribution in [2.45, 2.75) is 25.3 Å². The molecule has 1 saturated carbocycles. The Hall–Kier alpha value is -2.52. The molecule has 0 amide bonds. The number of benzene rings is 1. The zero-order chi connectivity index (χ0) is 17.2. The monoisotopic (exact) mass is 337 g/mol. The molecule has 25 heavy (non-hydrogen) atoms. The van der Waals surface area contributed by atoms with E-state index in [2.05, 4.69) is 20.9 Å². The van der Waals surface area contributed by atoms with Crippen molar-refractivity contribution in [2.24, 2.45) is 0 Å². The molecule has 0 spiro atoms. The molecule has 1 saturated heterocycles. The Labute approximate surface area is 146 Å². The molecule has 1 aliphatic heterocycles. The molecular weight excluding hydrogens is 317 g/mol. The number of rotatable bonds is 4. The maximum absolute atomic E-state index is 14.7. The summed E-state index contributed by atoms with van der Waals surface area (Å²) >= 11 is 0. The molecule has 2 fully saturated rings. The van der Waals surface area contributed by atoms with Gasteiger partial charge in [-0.3, -0.25) is 4.90 Å². The van der Waals surface area contributed by atoms with Crippen LogP contribution >= 0.6 is 0 Å². The first-order valence-electron chi connectivity index (χ1n) is 8.71. The standard InChI is InChI=1S/C19H20FN5/c20-17-18(16-5-6-16)22-13-23-19(17)25-9-7-24(8-10-25)12-15-3-1-14(11-21)2-4-15/h1-4,13,16H,5-10,12H2. The summed E-state index contributed by atoms with van der Waals surface area (Å²) in [6.07, 6.45) is 3.56. The Bertz CT molecular complexity index is 786. The van der Waals surface area contributed by atoms with Crippen LogP contribution in [0.2, 0.25) is 0 Å². The minimum Gasteiger partial charge on any atom is -0.352 e. The van der Waals surface area contributed by atoms with Crippen LogP contribution in [0.5, 0.6) is 0 Å². The van der Waals surface area contributed by atoms with Crippen molar-refractivity contribution in [3.8, 4) is 6.07 Å². The first-order chi connectivity index (χ1) is 12.2. The molecule has 0 bridgehead atoms. The predicted molar refractivity (Wildman–Crippen MR) is 92.6 cm³/mol. The molecule has 4 rings (SSSR count). The lowest BCUT2D eigenvalue weighted by atomic mass is 10.1. The van der Waals surface area contributed by atoms with E-state index in [4.69, 9.17) is 5.26 Å². The van der Waals surface area contributed by atoms with Gasteiger partial charge in [-0.1, -0.05) is 12.1 Å². The third kappa shape index (κ3) is 3.47. The van der Waals surface area contributed by atoms with E-state index in [1.165, 1.54) is 11.9 Å². The van der Waals surface area contributed by atoms with Gasteiger partial charge in [-0.15, -0.1) is 0 Å². The van der Waals surface area contributed by atoms with E-state index < -0.39 is 0 Å². The number of hydrogen-bond donors (Lipinski definition) is 0. The van der Waals surface area contributed by atoms with Crippen LogP contribution in [0.3, 0.4) is 0 Å². The molecule has 128 valence electrons. The maximum Gasteiger partial charge on any atom is 0.187 e. The molecule has 2 aliphatic rings. The fourth-order valence-corrected chi connectivity index (χ4v) is 3.30. The van der Waals surface area contributed by atoms with Gasteiger partial charge in [0.2, 0.25) is 0 Å². The highest BCUT2D eigenvalue weighted by Crippen LogP contribution is 2.41. The average molecular weight is 337 g/mol. The zero-order valence-corrected chi connectivity index (χ0v) is 14.0. The first-order valence-corrected chi connectivity index (χ1v) is 8.71. The van der Waals surface area contributed by atoms with Crippen LogP contribution in [-0.2, 0) is 6.54 Å². The van der Waals surface area contributed by atoms with Crippen LogP contribution < -0.4 is 4.90 Å². The van der Waals surface area contributed by atoms with Crippen LogP contribution in [0.1, 0.15) is 35.6 Å². The third-order valence-electron chi connectivity index (χ3n) is 4.92. The van der Waals surface area contributed by atoms with E-state index in [1.54, 1.807) is 0 Å². The van der Waals surface area contributed by atoms with E-state index in [-0.39, 0.29) is 5.82 Å². The quantitative estimate of drug-likeness (QED) is 0.858. The first kappa shape index (κ1) is 16.0. The van der Waals surface area contributed by atoms with Crippen LogP contribution in [-0.4, -0.2) is 41.0 Å². The lowest BCUT2D eigenvalue weighted by Gasteiger charge is -2.35. The third-order valence-corrected chi connectivity index (χ3v) is 4.92. The summed E-state index contributed by atoms with van der Waals surface area (Å²) in [5, 5.41) is 8.86. The van der Waals surface area contributed by atoms with E-state index in [1.807, 2.05) is 29.2 Å². The van der Waals surface area contributed by atoms with Gasteiger partial charge in [-0.25, -0.2) is 14.4 Å². The second-order valence-electron chi connectivity index (χ2n) is 6.74. The predicted octanol–water partition coefficient (Wildman–Crippen LogP) is 2.69. The van der Waals surface area contributed by atoms with Crippen LogP contribution in [0, 0.1) is 17.1 Å². The van der Waals surface area contributed by atoms with Crippen LogP contribution in [0.4, 0.5) is 10.2 Å². The second kappa shape index (κ2) is 6.77.